The highest BCUT2D eigenvalue weighted by molar-refractivity contribution is 7.85. The van der Waals surface area contributed by atoms with E-state index in [2.05, 4.69) is 10.3 Å². The van der Waals surface area contributed by atoms with Crippen molar-refractivity contribution in [3.05, 3.63) is 63.5 Å². The number of nitrogens with zero attached hydrogens (tertiary/aromatic N) is 3. The van der Waals surface area contributed by atoms with Crippen molar-refractivity contribution in [2.75, 3.05) is 6.61 Å². The maximum Gasteiger partial charge on any atom is 0.200 e. The number of halogens is 7. The zero-order valence-corrected chi connectivity index (χ0v) is 19.8. The summed E-state index contributed by atoms with van der Waals surface area (Å²) in [6.07, 6.45) is -4.26. The summed E-state index contributed by atoms with van der Waals surface area (Å²) in [7, 11) is -2.16. The van der Waals surface area contributed by atoms with Gasteiger partial charge in [-0.1, -0.05) is 28.4 Å². The third-order valence-corrected chi connectivity index (χ3v) is 7.73. The fourth-order valence-corrected chi connectivity index (χ4v) is 5.39. The number of aliphatic hydroxyl groups is 3. The van der Waals surface area contributed by atoms with Gasteiger partial charge in [-0.15, -0.1) is 5.10 Å². The average molecular weight is 574 g/mol. The minimum atomic E-state index is -2.37. The molecule has 0 spiro atoms. The first-order valence-electron chi connectivity index (χ1n) is 9.89. The Bertz CT molecular complexity index is 1320. The molecule has 2 heterocycles. The number of aromatic nitrogens is 3. The summed E-state index contributed by atoms with van der Waals surface area (Å²) in [6.45, 7) is -0.807. The summed E-state index contributed by atoms with van der Waals surface area (Å²) in [5.74, 6) is -11.1. The first-order chi connectivity index (χ1) is 17.0. The van der Waals surface area contributed by atoms with Crippen LogP contribution in [0.25, 0.3) is 11.3 Å². The number of rotatable bonds is 5. The molecule has 1 fully saturated rings. The average Bonchev–Trinajstić information content (AvgIpc) is 3.32. The Morgan fingerprint density at radius 1 is 0.972 bits per heavy atom. The summed E-state index contributed by atoms with van der Waals surface area (Å²) in [4.78, 5) is 0.0703. The second-order valence-corrected chi connectivity index (χ2v) is 9.94. The molecule has 1 aromatic heterocycles. The molecule has 0 saturated carbocycles. The van der Waals surface area contributed by atoms with Crippen LogP contribution in [0.2, 0.25) is 10.0 Å². The van der Waals surface area contributed by atoms with E-state index in [-0.39, 0.29) is 14.9 Å². The summed E-state index contributed by atoms with van der Waals surface area (Å²) in [5.41, 5.74) is -3.78. The second-order valence-electron chi connectivity index (χ2n) is 7.60. The fourth-order valence-electron chi connectivity index (χ4n) is 3.66. The van der Waals surface area contributed by atoms with Crippen LogP contribution in [0, 0.1) is 29.1 Å². The van der Waals surface area contributed by atoms with Crippen LogP contribution in [0.5, 0.6) is 0 Å². The maximum absolute atomic E-state index is 14.2. The molecule has 1 aliphatic heterocycles. The molecule has 8 nitrogen and oxygen atoms in total. The summed E-state index contributed by atoms with van der Waals surface area (Å²) in [6, 6.07) is 2.36. The van der Waals surface area contributed by atoms with Crippen molar-refractivity contribution in [2.24, 2.45) is 0 Å². The molecule has 6 atom stereocenters. The highest BCUT2D eigenvalue weighted by atomic mass is 35.5. The Hall–Kier alpha value is -2.20. The van der Waals surface area contributed by atoms with E-state index in [0.717, 1.165) is 0 Å². The zero-order chi connectivity index (χ0) is 26.5. The van der Waals surface area contributed by atoms with Crippen molar-refractivity contribution < 1.29 is 46.2 Å². The molecule has 0 bridgehead atoms. The molecular formula is C20H14Cl2F5N3O5S. The highest BCUT2D eigenvalue weighted by Crippen LogP contribution is 2.36. The van der Waals surface area contributed by atoms with E-state index in [4.69, 9.17) is 27.9 Å². The van der Waals surface area contributed by atoms with E-state index in [9.17, 15) is 41.5 Å². The number of hydrogen-bond acceptors (Lipinski definition) is 7. The lowest BCUT2D eigenvalue weighted by Gasteiger charge is -2.41. The Balaban J connectivity index is 1.73. The maximum atomic E-state index is 14.2. The van der Waals surface area contributed by atoms with Crippen molar-refractivity contribution in [3.8, 4) is 11.3 Å². The van der Waals surface area contributed by atoms with Gasteiger partial charge in [0.1, 0.15) is 30.0 Å². The Labute approximate surface area is 211 Å². The van der Waals surface area contributed by atoms with Gasteiger partial charge in [-0.05, 0) is 18.2 Å². The van der Waals surface area contributed by atoms with Crippen LogP contribution in [0.1, 0.15) is 6.04 Å². The smallest absolute Gasteiger partial charge is 0.200 e. The molecule has 194 valence electrons. The van der Waals surface area contributed by atoms with Crippen molar-refractivity contribution >= 4 is 34.0 Å². The monoisotopic (exact) mass is 573 g/mol. The van der Waals surface area contributed by atoms with Gasteiger partial charge in [0.05, 0.1) is 39.2 Å². The number of ether oxygens (including phenoxy) is 1. The molecule has 0 radical (unpaired) electrons. The first kappa shape index (κ1) is 26.9. The quantitative estimate of drug-likeness (QED) is 0.244. The number of hydrogen-bond donors (Lipinski definition) is 3. The van der Waals surface area contributed by atoms with Crippen LogP contribution < -0.4 is 0 Å². The SMILES string of the molecule is O=S(c1ccc(Cl)c(Cl)c1)[C@H]1OC(CO)[C@H](O)C(n2cc(-c3c(F)c(F)c(F)c(F)c3F)nn2)[C@@H]1O. The van der Waals surface area contributed by atoms with Crippen LogP contribution in [-0.2, 0) is 15.5 Å². The van der Waals surface area contributed by atoms with Gasteiger partial charge in [0.15, 0.2) is 28.7 Å². The fraction of sp³-hybridized carbons (Fsp3) is 0.300. The van der Waals surface area contributed by atoms with Gasteiger partial charge in [-0.25, -0.2) is 26.6 Å². The lowest BCUT2D eigenvalue weighted by Crippen LogP contribution is -2.57. The van der Waals surface area contributed by atoms with Crippen LogP contribution in [0.3, 0.4) is 0 Å². The largest absolute Gasteiger partial charge is 0.394 e. The Morgan fingerprint density at radius 2 is 1.58 bits per heavy atom. The molecule has 0 aliphatic carbocycles. The van der Waals surface area contributed by atoms with Crippen molar-refractivity contribution in [3.63, 3.8) is 0 Å². The molecule has 3 N–H and O–H groups in total. The van der Waals surface area contributed by atoms with Gasteiger partial charge in [-0.2, -0.15) is 0 Å². The molecule has 4 rings (SSSR count). The molecule has 3 aromatic rings. The molecule has 36 heavy (non-hydrogen) atoms. The lowest BCUT2D eigenvalue weighted by atomic mass is 9.97. The third-order valence-electron chi connectivity index (χ3n) is 5.46. The third kappa shape index (κ3) is 4.51. The molecule has 0 amide bonds. The van der Waals surface area contributed by atoms with Crippen LogP contribution in [0.4, 0.5) is 22.0 Å². The Morgan fingerprint density at radius 3 is 2.17 bits per heavy atom. The van der Waals surface area contributed by atoms with Gasteiger partial charge in [0.25, 0.3) is 0 Å². The molecule has 3 unspecified atom stereocenters. The van der Waals surface area contributed by atoms with Gasteiger partial charge in [-0.3, -0.25) is 4.21 Å². The second kappa shape index (κ2) is 10.3. The predicted molar refractivity (Wildman–Crippen MR) is 115 cm³/mol. The van der Waals surface area contributed by atoms with E-state index in [1.807, 2.05) is 0 Å². The van der Waals surface area contributed by atoms with Crippen LogP contribution in [-0.4, -0.2) is 64.9 Å². The van der Waals surface area contributed by atoms with Crippen molar-refractivity contribution in [1.29, 1.82) is 0 Å². The molecular weight excluding hydrogens is 560 g/mol. The minimum absolute atomic E-state index is 0.0480. The van der Waals surface area contributed by atoms with Crippen LogP contribution >= 0.6 is 23.2 Å². The van der Waals surface area contributed by atoms with E-state index in [1.54, 1.807) is 0 Å². The predicted octanol–water partition coefficient (Wildman–Crippen LogP) is 2.74. The van der Waals surface area contributed by atoms with Gasteiger partial charge in [0, 0.05) is 4.90 Å². The lowest BCUT2D eigenvalue weighted by molar-refractivity contribution is -0.179. The van der Waals surface area contributed by atoms with E-state index >= 15 is 0 Å². The molecule has 2 aromatic carbocycles. The number of benzene rings is 2. The summed E-state index contributed by atoms with van der Waals surface area (Å²) >= 11 is 11.8. The Kier molecular flexibility index (Phi) is 7.67. The van der Waals surface area contributed by atoms with E-state index < -0.39 is 87.5 Å². The number of aliphatic hydroxyl groups excluding tert-OH is 3. The molecule has 1 aliphatic rings. The van der Waals surface area contributed by atoms with E-state index in [0.29, 0.717) is 10.9 Å². The highest BCUT2D eigenvalue weighted by Gasteiger charge is 2.48. The summed E-state index contributed by atoms with van der Waals surface area (Å²) in [5, 5.41) is 38.3. The molecule has 16 heteroatoms. The van der Waals surface area contributed by atoms with Crippen molar-refractivity contribution in [2.45, 2.75) is 34.7 Å². The minimum Gasteiger partial charge on any atom is -0.394 e. The van der Waals surface area contributed by atoms with Crippen LogP contribution in [0.15, 0.2) is 29.3 Å². The summed E-state index contributed by atoms with van der Waals surface area (Å²) < 4.78 is 88.3. The standard InChI is InChI=1S/C20H14Cl2F5N3O5S/c21-7-2-1-6(3-8(7)22)36(34)20-19(33)17(18(32)10(5-31)35-20)30-4-9(28-29-30)11-12(23)14(25)16(27)15(26)13(11)24/h1-4,10,17-20,31-33H,5H2/t10?,17?,18-,19-,20+,36?/m0/s1. The van der Waals surface area contributed by atoms with Gasteiger partial charge >= 0.3 is 0 Å². The topological polar surface area (TPSA) is 118 Å². The van der Waals surface area contributed by atoms with E-state index in [1.165, 1.54) is 18.2 Å². The normalized spacial score (nSPS) is 25.2. The molecule has 1 saturated heterocycles. The van der Waals surface area contributed by atoms with Gasteiger partial charge < -0.3 is 20.1 Å². The van der Waals surface area contributed by atoms with Crippen molar-refractivity contribution in [1.82, 2.24) is 15.0 Å². The zero-order valence-electron chi connectivity index (χ0n) is 17.5. The first-order valence-corrected chi connectivity index (χ1v) is 11.9. The van der Waals surface area contributed by atoms with Gasteiger partial charge in [0.2, 0.25) is 5.82 Å².